The van der Waals surface area contributed by atoms with Crippen molar-refractivity contribution in [1.82, 2.24) is 9.88 Å². The van der Waals surface area contributed by atoms with Gasteiger partial charge in [0.05, 0.1) is 12.2 Å². The van der Waals surface area contributed by atoms with Gasteiger partial charge in [-0.25, -0.2) is 9.78 Å². The number of nitrogens with zero attached hydrogens (tertiary/aromatic N) is 3. The van der Waals surface area contributed by atoms with Crippen LogP contribution < -0.4 is 10.2 Å². The number of amides is 2. The summed E-state index contributed by atoms with van der Waals surface area (Å²) >= 11 is 0. The number of anilines is 2. The third-order valence-electron chi connectivity index (χ3n) is 3.65. The Labute approximate surface area is 129 Å². The number of fused-ring (bicyclic) bond motifs is 3. The predicted octanol–water partition coefficient (Wildman–Crippen LogP) is 1.46. The highest BCUT2D eigenvalue weighted by Gasteiger charge is 2.40. The fraction of sp³-hybridized carbons (Fsp3) is 0.533. The van der Waals surface area contributed by atoms with Crippen LogP contribution in [0.25, 0.3) is 0 Å². The number of carbonyl (C=O) groups excluding carboxylic acids is 2. The molecule has 3 heterocycles. The number of hydrogen-bond donors (Lipinski definition) is 1. The molecule has 0 spiro atoms. The van der Waals surface area contributed by atoms with Crippen LogP contribution in [0.2, 0.25) is 0 Å². The van der Waals surface area contributed by atoms with E-state index in [0.29, 0.717) is 19.6 Å². The van der Waals surface area contributed by atoms with Crippen molar-refractivity contribution >= 4 is 23.5 Å². The number of piperazine rings is 1. The summed E-state index contributed by atoms with van der Waals surface area (Å²) < 4.78 is 5.38. The summed E-state index contributed by atoms with van der Waals surface area (Å²) in [5.41, 5.74) is 0.173. The van der Waals surface area contributed by atoms with Crippen LogP contribution in [0.3, 0.4) is 0 Å². The summed E-state index contributed by atoms with van der Waals surface area (Å²) in [6.45, 7) is 6.85. The highest BCUT2D eigenvalue weighted by molar-refractivity contribution is 6.03. The Morgan fingerprint density at radius 2 is 2.18 bits per heavy atom. The zero-order valence-electron chi connectivity index (χ0n) is 13.0. The summed E-state index contributed by atoms with van der Waals surface area (Å²) in [5.74, 6) is 0.643. The molecule has 1 aromatic rings. The molecule has 118 valence electrons. The van der Waals surface area contributed by atoms with Crippen molar-refractivity contribution in [2.75, 3.05) is 29.9 Å². The zero-order chi connectivity index (χ0) is 15.9. The molecular weight excluding hydrogens is 284 g/mol. The first-order valence-corrected chi connectivity index (χ1v) is 7.35. The number of hydrogen-bond acceptors (Lipinski definition) is 5. The molecule has 2 amide bonds. The van der Waals surface area contributed by atoms with E-state index in [2.05, 4.69) is 10.3 Å². The first-order chi connectivity index (χ1) is 10.3. The van der Waals surface area contributed by atoms with Gasteiger partial charge in [-0.05, 0) is 32.9 Å². The summed E-state index contributed by atoms with van der Waals surface area (Å²) in [4.78, 5) is 32.3. The van der Waals surface area contributed by atoms with E-state index in [9.17, 15) is 9.59 Å². The van der Waals surface area contributed by atoms with Gasteiger partial charge in [0.25, 0.3) is 0 Å². The van der Waals surface area contributed by atoms with Crippen molar-refractivity contribution in [2.45, 2.75) is 32.4 Å². The third-order valence-corrected chi connectivity index (χ3v) is 3.65. The Kier molecular flexibility index (Phi) is 3.42. The Hall–Kier alpha value is -2.31. The van der Waals surface area contributed by atoms with Gasteiger partial charge in [0.15, 0.2) is 5.82 Å². The molecule has 22 heavy (non-hydrogen) atoms. The average Bonchev–Trinajstić information content (AvgIpc) is 2.45. The molecule has 0 saturated carbocycles. The molecular formula is C15H20N4O3. The van der Waals surface area contributed by atoms with Crippen molar-refractivity contribution < 1.29 is 14.3 Å². The van der Waals surface area contributed by atoms with Crippen molar-refractivity contribution in [3.05, 3.63) is 18.3 Å². The van der Waals surface area contributed by atoms with E-state index in [-0.39, 0.29) is 12.0 Å². The fourth-order valence-corrected chi connectivity index (χ4v) is 2.69. The molecule has 0 aliphatic carbocycles. The number of rotatable bonds is 0. The SMILES string of the molecule is CC(C)(C)OC(=O)N1CCN2c3ncccc3NC(=O)[C@@H]2C1. The molecule has 1 fully saturated rings. The van der Waals surface area contributed by atoms with Crippen LogP contribution in [0.4, 0.5) is 16.3 Å². The molecule has 7 heteroatoms. The fourth-order valence-electron chi connectivity index (χ4n) is 2.69. The molecule has 0 unspecified atom stereocenters. The first-order valence-electron chi connectivity index (χ1n) is 7.35. The van der Waals surface area contributed by atoms with E-state index >= 15 is 0 Å². The van der Waals surface area contributed by atoms with Gasteiger partial charge in [-0.1, -0.05) is 0 Å². The number of aromatic nitrogens is 1. The third kappa shape index (κ3) is 2.70. The topological polar surface area (TPSA) is 74.8 Å². The van der Waals surface area contributed by atoms with Gasteiger partial charge in [-0.2, -0.15) is 0 Å². The maximum atomic E-state index is 12.3. The highest BCUT2D eigenvalue weighted by Crippen LogP contribution is 2.31. The zero-order valence-corrected chi connectivity index (χ0v) is 13.0. The largest absolute Gasteiger partial charge is 0.444 e. The molecule has 1 N–H and O–H groups in total. The maximum absolute atomic E-state index is 12.3. The lowest BCUT2D eigenvalue weighted by atomic mass is 10.1. The standard InChI is InChI=1S/C15H20N4O3/c1-15(2,3)22-14(21)18-7-8-19-11(9-18)13(20)17-10-5-4-6-16-12(10)19/h4-6,11H,7-9H2,1-3H3,(H,17,20)/t11-/m0/s1. The Balaban J connectivity index is 1.77. The molecule has 7 nitrogen and oxygen atoms in total. The smallest absolute Gasteiger partial charge is 0.410 e. The Morgan fingerprint density at radius 1 is 1.41 bits per heavy atom. The minimum Gasteiger partial charge on any atom is -0.444 e. The molecule has 0 aromatic carbocycles. The molecule has 1 atom stereocenters. The van der Waals surface area contributed by atoms with Gasteiger partial charge in [-0.3, -0.25) is 4.79 Å². The van der Waals surface area contributed by atoms with E-state index in [4.69, 9.17) is 4.74 Å². The lowest BCUT2D eigenvalue weighted by molar-refractivity contribution is -0.118. The summed E-state index contributed by atoms with van der Waals surface area (Å²) in [6, 6.07) is 3.19. The quantitative estimate of drug-likeness (QED) is 0.785. The van der Waals surface area contributed by atoms with Gasteiger partial charge in [0.2, 0.25) is 5.91 Å². The van der Waals surface area contributed by atoms with E-state index in [1.54, 1.807) is 17.2 Å². The summed E-state index contributed by atoms with van der Waals surface area (Å²) in [7, 11) is 0. The molecule has 1 saturated heterocycles. The maximum Gasteiger partial charge on any atom is 0.410 e. The van der Waals surface area contributed by atoms with E-state index in [1.807, 2.05) is 31.7 Å². The van der Waals surface area contributed by atoms with Crippen LogP contribution in [0, 0.1) is 0 Å². The van der Waals surface area contributed by atoms with Crippen LogP contribution in [-0.2, 0) is 9.53 Å². The van der Waals surface area contributed by atoms with Crippen molar-refractivity contribution in [3.63, 3.8) is 0 Å². The monoisotopic (exact) mass is 304 g/mol. The molecule has 2 aliphatic heterocycles. The van der Waals surface area contributed by atoms with Crippen LogP contribution in [0.15, 0.2) is 18.3 Å². The molecule has 3 rings (SSSR count). The Bertz CT molecular complexity index is 611. The van der Waals surface area contributed by atoms with Crippen molar-refractivity contribution in [1.29, 1.82) is 0 Å². The summed E-state index contributed by atoms with van der Waals surface area (Å²) in [5, 5.41) is 2.84. The second-order valence-corrected chi connectivity index (χ2v) is 6.50. The number of nitrogens with one attached hydrogen (secondary N) is 1. The van der Waals surface area contributed by atoms with Crippen LogP contribution >= 0.6 is 0 Å². The second-order valence-electron chi connectivity index (χ2n) is 6.50. The van der Waals surface area contributed by atoms with E-state index in [0.717, 1.165) is 11.5 Å². The van der Waals surface area contributed by atoms with Gasteiger partial charge < -0.3 is 19.9 Å². The molecule has 0 radical (unpaired) electrons. The van der Waals surface area contributed by atoms with Crippen molar-refractivity contribution in [2.24, 2.45) is 0 Å². The minimum atomic E-state index is -0.544. The average molecular weight is 304 g/mol. The number of pyridine rings is 1. The van der Waals surface area contributed by atoms with Gasteiger partial charge in [0, 0.05) is 19.3 Å². The molecule has 2 aliphatic rings. The number of carbonyl (C=O) groups is 2. The Morgan fingerprint density at radius 3 is 2.91 bits per heavy atom. The van der Waals surface area contributed by atoms with E-state index < -0.39 is 11.6 Å². The van der Waals surface area contributed by atoms with Gasteiger partial charge in [-0.15, -0.1) is 0 Å². The summed E-state index contributed by atoms with van der Waals surface area (Å²) in [6.07, 6.45) is 1.32. The predicted molar refractivity (Wildman–Crippen MR) is 81.8 cm³/mol. The van der Waals surface area contributed by atoms with Gasteiger partial charge >= 0.3 is 6.09 Å². The van der Waals surface area contributed by atoms with Crippen LogP contribution in [0.5, 0.6) is 0 Å². The van der Waals surface area contributed by atoms with Crippen LogP contribution in [-0.4, -0.2) is 53.2 Å². The molecule has 1 aromatic heterocycles. The van der Waals surface area contributed by atoms with Gasteiger partial charge in [0.1, 0.15) is 11.6 Å². The van der Waals surface area contributed by atoms with Crippen LogP contribution in [0.1, 0.15) is 20.8 Å². The first kappa shape index (κ1) is 14.6. The molecule has 0 bridgehead atoms. The minimum absolute atomic E-state index is 0.117. The lowest BCUT2D eigenvalue weighted by Gasteiger charge is -2.44. The highest BCUT2D eigenvalue weighted by atomic mass is 16.6. The van der Waals surface area contributed by atoms with Crippen molar-refractivity contribution in [3.8, 4) is 0 Å². The normalized spacial score (nSPS) is 20.9. The lowest BCUT2D eigenvalue weighted by Crippen LogP contribution is -2.61. The second kappa shape index (κ2) is 5.15. The van der Waals surface area contributed by atoms with E-state index in [1.165, 1.54) is 0 Å². The number of ether oxygens (including phenoxy) is 1.